The van der Waals surface area contributed by atoms with Crippen molar-refractivity contribution in [3.63, 3.8) is 0 Å². The van der Waals surface area contributed by atoms with Crippen molar-refractivity contribution in [2.24, 2.45) is 5.41 Å². The highest BCUT2D eigenvalue weighted by molar-refractivity contribution is 5.36. The summed E-state index contributed by atoms with van der Waals surface area (Å²) < 4.78 is 0. The standard InChI is InChI=1S/C20H23NO/c22-19(18-11-3-4-14-21-18)20(12-6-13-20)17-10-5-8-15-7-1-2-9-16(15)17/h1-4,7,9,11,14,17,19,22H,5-6,8,10,12-13H2. The molecule has 1 heterocycles. The summed E-state index contributed by atoms with van der Waals surface area (Å²) in [7, 11) is 0. The van der Waals surface area contributed by atoms with Gasteiger partial charge in [-0.3, -0.25) is 4.98 Å². The molecule has 0 bridgehead atoms. The zero-order valence-corrected chi connectivity index (χ0v) is 12.9. The second-order valence-electron chi connectivity index (χ2n) is 6.89. The Morgan fingerprint density at radius 3 is 2.59 bits per heavy atom. The summed E-state index contributed by atoms with van der Waals surface area (Å²) >= 11 is 0. The molecule has 1 saturated carbocycles. The molecule has 0 aliphatic heterocycles. The summed E-state index contributed by atoms with van der Waals surface area (Å²) in [4.78, 5) is 4.43. The van der Waals surface area contributed by atoms with E-state index in [1.807, 2.05) is 18.2 Å². The number of hydrogen-bond donors (Lipinski definition) is 1. The molecule has 2 aromatic rings. The van der Waals surface area contributed by atoms with Gasteiger partial charge in [0.1, 0.15) is 6.10 Å². The van der Waals surface area contributed by atoms with Gasteiger partial charge in [0, 0.05) is 11.6 Å². The number of hydrogen-bond acceptors (Lipinski definition) is 2. The first-order valence-electron chi connectivity index (χ1n) is 8.48. The Morgan fingerprint density at radius 1 is 1.05 bits per heavy atom. The molecule has 0 saturated heterocycles. The molecule has 2 heteroatoms. The minimum Gasteiger partial charge on any atom is -0.386 e. The van der Waals surface area contributed by atoms with E-state index in [2.05, 4.69) is 29.2 Å². The largest absolute Gasteiger partial charge is 0.386 e. The first kappa shape index (κ1) is 14.0. The lowest BCUT2D eigenvalue weighted by Crippen LogP contribution is -2.43. The average Bonchev–Trinajstić information content (AvgIpc) is 2.55. The van der Waals surface area contributed by atoms with Crippen LogP contribution >= 0.6 is 0 Å². The molecule has 1 aromatic carbocycles. The molecule has 2 unspecified atom stereocenters. The number of aliphatic hydroxyl groups is 1. The predicted octanol–water partition coefficient (Wildman–Crippen LogP) is 4.41. The van der Waals surface area contributed by atoms with Gasteiger partial charge in [-0.25, -0.2) is 0 Å². The molecular weight excluding hydrogens is 270 g/mol. The van der Waals surface area contributed by atoms with Crippen LogP contribution in [0.5, 0.6) is 0 Å². The first-order chi connectivity index (χ1) is 10.8. The molecule has 2 aliphatic carbocycles. The van der Waals surface area contributed by atoms with Gasteiger partial charge in [-0.05, 0) is 61.3 Å². The molecule has 1 fully saturated rings. The maximum atomic E-state index is 11.1. The number of rotatable bonds is 3. The number of aliphatic hydroxyl groups excluding tert-OH is 1. The summed E-state index contributed by atoms with van der Waals surface area (Å²) in [5, 5.41) is 11.1. The van der Waals surface area contributed by atoms with Gasteiger partial charge in [0.2, 0.25) is 0 Å². The third kappa shape index (κ3) is 2.09. The molecular formula is C20H23NO. The molecule has 2 nitrogen and oxygen atoms in total. The van der Waals surface area contributed by atoms with Crippen molar-refractivity contribution >= 4 is 0 Å². The number of aryl methyl sites for hydroxylation is 1. The normalized spacial score (nSPS) is 24.1. The SMILES string of the molecule is OC(c1ccccn1)C1(C2CCCc3ccccc32)CCC1. The van der Waals surface area contributed by atoms with E-state index in [0.29, 0.717) is 5.92 Å². The molecule has 0 amide bonds. The average molecular weight is 293 g/mol. The minimum absolute atomic E-state index is 0.00905. The molecule has 22 heavy (non-hydrogen) atoms. The fourth-order valence-corrected chi connectivity index (χ4v) is 4.58. The Hall–Kier alpha value is -1.67. The zero-order valence-electron chi connectivity index (χ0n) is 12.9. The number of fused-ring (bicyclic) bond motifs is 1. The number of aromatic nitrogens is 1. The fraction of sp³-hybridized carbons (Fsp3) is 0.450. The first-order valence-corrected chi connectivity index (χ1v) is 8.48. The third-order valence-corrected chi connectivity index (χ3v) is 5.86. The molecule has 2 atom stereocenters. The van der Waals surface area contributed by atoms with Gasteiger partial charge in [0.15, 0.2) is 0 Å². The highest BCUT2D eigenvalue weighted by atomic mass is 16.3. The van der Waals surface area contributed by atoms with E-state index >= 15 is 0 Å². The van der Waals surface area contributed by atoms with Gasteiger partial charge in [-0.2, -0.15) is 0 Å². The zero-order chi connectivity index (χ0) is 15.0. The Kier molecular flexibility index (Phi) is 3.50. The Labute approximate surface area is 132 Å². The van der Waals surface area contributed by atoms with E-state index in [0.717, 1.165) is 18.5 Å². The van der Waals surface area contributed by atoms with E-state index in [4.69, 9.17) is 0 Å². The van der Waals surface area contributed by atoms with Gasteiger partial charge in [-0.1, -0.05) is 36.8 Å². The van der Waals surface area contributed by atoms with Gasteiger partial charge >= 0.3 is 0 Å². The van der Waals surface area contributed by atoms with E-state index < -0.39 is 6.10 Å². The lowest BCUT2D eigenvalue weighted by atomic mass is 9.53. The van der Waals surface area contributed by atoms with Crippen LogP contribution < -0.4 is 0 Å². The lowest BCUT2D eigenvalue weighted by molar-refractivity contribution is -0.0645. The highest BCUT2D eigenvalue weighted by Gasteiger charge is 2.51. The van der Waals surface area contributed by atoms with Crippen molar-refractivity contribution < 1.29 is 5.11 Å². The van der Waals surface area contributed by atoms with Crippen LogP contribution in [0, 0.1) is 5.41 Å². The second-order valence-corrected chi connectivity index (χ2v) is 6.89. The lowest BCUT2D eigenvalue weighted by Gasteiger charge is -2.52. The van der Waals surface area contributed by atoms with E-state index in [1.54, 1.807) is 6.20 Å². The maximum Gasteiger partial charge on any atom is 0.102 e. The van der Waals surface area contributed by atoms with Crippen molar-refractivity contribution in [1.82, 2.24) is 4.98 Å². The molecule has 4 rings (SSSR count). The molecule has 0 spiro atoms. The Bertz CT molecular complexity index is 648. The van der Waals surface area contributed by atoms with Gasteiger partial charge in [-0.15, -0.1) is 0 Å². The van der Waals surface area contributed by atoms with E-state index in [1.165, 1.54) is 36.8 Å². The van der Waals surface area contributed by atoms with Crippen LogP contribution in [0.15, 0.2) is 48.7 Å². The minimum atomic E-state index is -0.446. The van der Waals surface area contributed by atoms with Gasteiger partial charge in [0.25, 0.3) is 0 Å². The van der Waals surface area contributed by atoms with Crippen LogP contribution in [0.4, 0.5) is 0 Å². The third-order valence-electron chi connectivity index (χ3n) is 5.86. The summed E-state index contributed by atoms with van der Waals surface area (Å²) in [5.74, 6) is 0.475. The van der Waals surface area contributed by atoms with Crippen molar-refractivity contribution in [3.8, 4) is 0 Å². The maximum absolute atomic E-state index is 11.1. The van der Waals surface area contributed by atoms with Crippen LogP contribution in [-0.2, 0) is 6.42 Å². The number of benzene rings is 1. The monoisotopic (exact) mass is 293 g/mol. The fourth-order valence-electron chi connectivity index (χ4n) is 4.58. The second kappa shape index (κ2) is 5.51. The van der Waals surface area contributed by atoms with E-state index in [-0.39, 0.29) is 5.41 Å². The molecule has 1 N–H and O–H groups in total. The molecule has 0 radical (unpaired) electrons. The van der Waals surface area contributed by atoms with Crippen LogP contribution in [0.25, 0.3) is 0 Å². The van der Waals surface area contributed by atoms with Crippen molar-refractivity contribution in [2.75, 3.05) is 0 Å². The predicted molar refractivity (Wildman–Crippen MR) is 87.6 cm³/mol. The van der Waals surface area contributed by atoms with Crippen molar-refractivity contribution in [3.05, 3.63) is 65.5 Å². The molecule has 114 valence electrons. The Morgan fingerprint density at radius 2 is 1.86 bits per heavy atom. The van der Waals surface area contributed by atoms with Gasteiger partial charge < -0.3 is 5.11 Å². The topological polar surface area (TPSA) is 33.1 Å². The van der Waals surface area contributed by atoms with Crippen molar-refractivity contribution in [2.45, 2.75) is 50.5 Å². The summed E-state index contributed by atoms with van der Waals surface area (Å²) in [6.07, 6.45) is 8.41. The number of pyridine rings is 1. The quantitative estimate of drug-likeness (QED) is 0.909. The van der Waals surface area contributed by atoms with E-state index in [9.17, 15) is 5.11 Å². The van der Waals surface area contributed by atoms with Crippen LogP contribution in [0.3, 0.4) is 0 Å². The summed E-state index contributed by atoms with van der Waals surface area (Å²) in [5.41, 5.74) is 3.79. The molecule has 1 aromatic heterocycles. The highest BCUT2D eigenvalue weighted by Crippen LogP contribution is 2.61. The Balaban J connectivity index is 1.73. The summed E-state index contributed by atoms with van der Waals surface area (Å²) in [6.45, 7) is 0. The molecule has 2 aliphatic rings. The van der Waals surface area contributed by atoms with Crippen LogP contribution in [-0.4, -0.2) is 10.1 Å². The van der Waals surface area contributed by atoms with Crippen LogP contribution in [0.1, 0.15) is 60.9 Å². The van der Waals surface area contributed by atoms with Crippen LogP contribution in [0.2, 0.25) is 0 Å². The van der Waals surface area contributed by atoms with Gasteiger partial charge in [0.05, 0.1) is 5.69 Å². The van der Waals surface area contributed by atoms with Crippen molar-refractivity contribution in [1.29, 1.82) is 0 Å². The summed E-state index contributed by atoms with van der Waals surface area (Å²) in [6, 6.07) is 14.7. The smallest absolute Gasteiger partial charge is 0.102 e. The number of nitrogens with zero attached hydrogens (tertiary/aromatic N) is 1.